The molecule has 1 unspecified atom stereocenters. The van der Waals surface area contributed by atoms with Crippen LogP contribution in [0.3, 0.4) is 0 Å². The topological polar surface area (TPSA) is 34.9 Å². The Labute approximate surface area is 99.8 Å². The van der Waals surface area contributed by atoms with E-state index in [1.54, 1.807) is 0 Å². The minimum Gasteiger partial charge on any atom is -0.330 e. The van der Waals surface area contributed by atoms with Gasteiger partial charge >= 0.3 is 0 Å². The normalized spacial score (nSPS) is 24.9. The molecule has 1 atom stereocenters. The van der Waals surface area contributed by atoms with E-state index in [9.17, 15) is 4.79 Å². The van der Waals surface area contributed by atoms with Crippen molar-refractivity contribution in [2.24, 2.45) is 5.92 Å². The number of imidazole rings is 1. The number of hydrogen-bond acceptors (Lipinski definition) is 2. The van der Waals surface area contributed by atoms with Crippen LogP contribution in [-0.4, -0.2) is 15.8 Å². The van der Waals surface area contributed by atoms with Gasteiger partial charge in [-0.3, -0.25) is 0 Å². The fraction of sp³-hybridized carbons (Fsp3) is 0.667. The second-order valence-corrected chi connectivity index (χ2v) is 5.24. The van der Waals surface area contributed by atoms with E-state index in [0.29, 0.717) is 11.1 Å². The van der Waals surface area contributed by atoms with Gasteiger partial charge in [-0.1, -0.05) is 18.0 Å². The maximum absolute atomic E-state index is 10.9. The van der Waals surface area contributed by atoms with Crippen molar-refractivity contribution in [1.82, 2.24) is 9.55 Å². The molecule has 1 aliphatic heterocycles. The first-order valence-electron chi connectivity index (χ1n) is 5.99. The third-order valence-electron chi connectivity index (χ3n) is 3.88. The predicted octanol–water partition coefficient (Wildman–Crippen LogP) is 2.57. The van der Waals surface area contributed by atoms with Crippen LogP contribution < -0.4 is 0 Å². The molecule has 0 N–H and O–H groups in total. The molecule has 0 aromatic carbocycles. The molecule has 0 spiro atoms. The fourth-order valence-electron chi connectivity index (χ4n) is 2.65. The third kappa shape index (κ3) is 1.49. The van der Waals surface area contributed by atoms with Crippen molar-refractivity contribution in [1.29, 1.82) is 0 Å². The number of halogens is 1. The van der Waals surface area contributed by atoms with E-state index in [1.807, 2.05) is 0 Å². The lowest BCUT2D eigenvalue weighted by atomic mass is 9.84. The zero-order chi connectivity index (χ0) is 11.1. The van der Waals surface area contributed by atoms with E-state index in [-0.39, 0.29) is 5.92 Å². The molecule has 16 heavy (non-hydrogen) atoms. The Morgan fingerprint density at radius 2 is 2.19 bits per heavy atom. The van der Waals surface area contributed by atoms with Gasteiger partial charge in [0, 0.05) is 18.4 Å². The molecule has 86 valence electrons. The van der Waals surface area contributed by atoms with Crippen molar-refractivity contribution < 1.29 is 4.79 Å². The predicted molar refractivity (Wildman–Crippen MR) is 61.7 cm³/mol. The molecule has 0 amide bonds. The molecule has 1 aromatic rings. The maximum Gasteiger partial charge on any atom is 0.150 e. The van der Waals surface area contributed by atoms with Crippen molar-refractivity contribution in [3.05, 3.63) is 16.7 Å². The minimum atomic E-state index is 0.150. The first-order valence-corrected chi connectivity index (χ1v) is 6.37. The molecule has 2 heterocycles. The Hall–Kier alpha value is -0.830. The van der Waals surface area contributed by atoms with E-state index in [2.05, 4.69) is 9.55 Å². The fourth-order valence-corrected chi connectivity index (χ4v) is 2.94. The Kier molecular flexibility index (Phi) is 2.51. The van der Waals surface area contributed by atoms with Crippen LogP contribution in [0.15, 0.2) is 0 Å². The number of fused-ring (bicyclic) bond motifs is 1. The Morgan fingerprint density at radius 1 is 1.38 bits per heavy atom. The maximum atomic E-state index is 10.9. The molecule has 0 saturated heterocycles. The van der Waals surface area contributed by atoms with Crippen LogP contribution in [0.4, 0.5) is 0 Å². The Balaban J connectivity index is 1.97. The summed E-state index contributed by atoms with van der Waals surface area (Å²) < 4.78 is 2.20. The number of carbonyl (C=O) groups excluding carboxylic acids is 1. The molecule has 3 nitrogen and oxygen atoms in total. The monoisotopic (exact) mass is 238 g/mol. The summed E-state index contributed by atoms with van der Waals surface area (Å²) >= 11 is 6.16. The van der Waals surface area contributed by atoms with Crippen molar-refractivity contribution in [2.75, 3.05) is 0 Å². The van der Waals surface area contributed by atoms with Crippen LogP contribution in [0.25, 0.3) is 0 Å². The summed E-state index contributed by atoms with van der Waals surface area (Å²) in [7, 11) is 0. The number of carbonyl (C=O) groups is 1. The Bertz CT molecular complexity index is 423. The molecule has 1 saturated carbocycles. The molecule has 0 radical (unpaired) electrons. The van der Waals surface area contributed by atoms with Crippen LogP contribution in [-0.2, 0) is 17.8 Å². The third-order valence-corrected chi connectivity index (χ3v) is 4.19. The zero-order valence-corrected chi connectivity index (χ0v) is 9.91. The van der Waals surface area contributed by atoms with Crippen LogP contribution in [0.1, 0.15) is 43.1 Å². The average Bonchev–Trinajstić information content (AvgIpc) is 2.54. The van der Waals surface area contributed by atoms with E-state index < -0.39 is 0 Å². The van der Waals surface area contributed by atoms with Gasteiger partial charge in [0.2, 0.25) is 0 Å². The highest BCUT2D eigenvalue weighted by molar-refractivity contribution is 6.30. The highest BCUT2D eigenvalue weighted by Gasteiger charge is 2.30. The minimum absolute atomic E-state index is 0.150. The lowest BCUT2D eigenvalue weighted by molar-refractivity contribution is -0.111. The zero-order valence-electron chi connectivity index (χ0n) is 9.16. The summed E-state index contributed by atoms with van der Waals surface area (Å²) in [4.78, 5) is 15.4. The second-order valence-electron chi connectivity index (χ2n) is 4.88. The van der Waals surface area contributed by atoms with E-state index in [1.165, 1.54) is 19.3 Å². The Morgan fingerprint density at radius 3 is 2.81 bits per heavy atom. The van der Waals surface area contributed by atoms with Crippen molar-refractivity contribution in [2.45, 2.75) is 44.6 Å². The highest BCUT2D eigenvalue weighted by atomic mass is 35.5. The van der Waals surface area contributed by atoms with Gasteiger partial charge < -0.3 is 9.36 Å². The molecular weight excluding hydrogens is 224 g/mol. The lowest BCUT2D eigenvalue weighted by Crippen LogP contribution is -2.25. The summed E-state index contributed by atoms with van der Waals surface area (Å²) in [5.74, 6) is 1.85. The summed E-state index contributed by atoms with van der Waals surface area (Å²) in [6, 6.07) is 0. The van der Waals surface area contributed by atoms with Crippen molar-refractivity contribution in [3.8, 4) is 0 Å². The van der Waals surface area contributed by atoms with Crippen LogP contribution in [0.5, 0.6) is 0 Å². The summed E-state index contributed by atoms with van der Waals surface area (Å²) in [6.07, 6.45) is 6.61. The molecule has 2 aliphatic rings. The average molecular weight is 239 g/mol. The molecule has 3 rings (SSSR count). The van der Waals surface area contributed by atoms with E-state index in [0.717, 1.165) is 37.2 Å². The molecule has 4 heteroatoms. The lowest BCUT2D eigenvalue weighted by Gasteiger charge is -2.28. The van der Waals surface area contributed by atoms with Crippen molar-refractivity contribution >= 4 is 17.9 Å². The second kappa shape index (κ2) is 3.88. The van der Waals surface area contributed by atoms with E-state index in [4.69, 9.17) is 11.6 Å². The number of aldehydes is 1. The van der Waals surface area contributed by atoms with Crippen LogP contribution in [0, 0.1) is 5.92 Å². The molecular formula is C12H15ClN2O. The van der Waals surface area contributed by atoms with E-state index >= 15 is 0 Å². The summed E-state index contributed by atoms with van der Waals surface area (Å²) in [5, 5.41) is 0.659. The number of nitrogens with zero attached hydrogens (tertiary/aromatic N) is 2. The smallest absolute Gasteiger partial charge is 0.150 e. The molecule has 1 aromatic heterocycles. The van der Waals surface area contributed by atoms with Gasteiger partial charge in [-0.15, -0.1) is 0 Å². The van der Waals surface area contributed by atoms with Crippen LogP contribution >= 0.6 is 11.6 Å². The van der Waals surface area contributed by atoms with Gasteiger partial charge in [-0.2, -0.15) is 0 Å². The van der Waals surface area contributed by atoms with Gasteiger partial charge in [0.1, 0.15) is 12.1 Å². The molecule has 0 bridgehead atoms. The molecule has 1 aliphatic carbocycles. The first-order chi connectivity index (χ1) is 7.79. The number of hydrogen-bond donors (Lipinski definition) is 0. The quantitative estimate of drug-likeness (QED) is 0.743. The van der Waals surface area contributed by atoms with Gasteiger partial charge in [0.15, 0.2) is 5.15 Å². The number of aromatic nitrogens is 2. The van der Waals surface area contributed by atoms with Gasteiger partial charge in [0.25, 0.3) is 0 Å². The van der Waals surface area contributed by atoms with Crippen LogP contribution in [0.2, 0.25) is 5.15 Å². The number of rotatable bonds is 2. The summed E-state index contributed by atoms with van der Waals surface area (Å²) in [6.45, 7) is 0.782. The van der Waals surface area contributed by atoms with Crippen molar-refractivity contribution in [3.63, 3.8) is 0 Å². The standard InChI is InChI=1S/C12H15ClN2O/c13-11-10-5-4-8(7-16)6-15(10)12(14-11)9-2-1-3-9/h7-9H,1-6H2. The van der Waals surface area contributed by atoms with Gasteiger partial charge in [-0.05, 0) is 25.7 Å². The summed E-state index contributed by atoms with van der Waals surface area (Å²) in [5.41, 5.74) is 1.14. The highest BCUT2D eigenvalue weighted by Crippen LogP contribution is 2.39. The largest absolute Gasteiger partial charge is 0.330 e. The molecule has 1 fully saturated rings. The SMILES string of the molecule is O=CC1CCc2c(Cl)nc(C3CCC3)n2C1. The van der Waals surface area contributed by atoms with Gasteiger partial charge in [-0.25, -0.2) is 4.98 Å². The first kappa shape index (κ1) is 10.3. The van der Waals surface area contributed by atoms with Gasteiger partial charge in [0.05, 0.1) is 5.69 Å².